The van der Waals surface area contributed by atoms with Crippen molar-refractivity contribution in [3.05, 3.63) is 29.3 Å². The molecule has 0 amide bonds. The Morgan fingerprint density at radius 2 is 1.79 bits per heavy atom. The lowest BCUT2D eigenvalue weighted by Crippen LogP contribution is -2.47. The minimum atomic E-state index is -4.82. The van der Waals surface area contributed by atoms with Gasteiger partial charge in [-0.05, 0) is 25.2 Å². The maximum Gasteiger partial charge on any atom is 0.418 e. The third kappa shape index (κ3) is 6.23. The quantitative estimate of drug-likeness (QED) is 0.719. The van der Waals surface area contributed by atoms with Gasteiger partial charge in [0.1, 0.15) is 0 Å². The van der Waals surface area contributed by atoms with Crippen LogP contribution in [0.25, 0.3) is 0 Å². The van der Waals surface area contributed by atoms with E-state index in [0.717, 1.165) is 31.5 Å². The summed E-state index contributed by atoms with van der Waals surface area (Å²) in [6, 6.07) is 2.18. The summed E-state index contributed by atoms with van der Waals surface area (Å²) >= 11 is 0. The third-order valence-corrected chi connectivity index (χ3v) is 5.61. The van der Waals surface area contributed by atoms with Gasteiger partial charge >= 0.3 is 12.1 Å². The molecule has 0 unspecified atom stereocenters. The van der Waals surface area contributed by atoms with E-state index in [0.29, 0.717) is 23.5 Å². The summed E-state index contributed by atoms with van der Waals surface area (Å²) in [6.45, 7) is 2.96. The van der Waals surface area contributed by atoms with Gasteiger partial charge in [-0.1, -0.05) is 0 Å². The number of rotatable bonds is 6. The summed E-state index contributed by atoms with van der Waals surface area (Å²) in [5.74, 6) is -1.43. The minimum Gasteiger partial charge on any atom is -0.478 e. The first-order valence-corrected chi connectivity index (χ1v) is 10.1. The Bertz CT molecular complexity index is 797. The molecule has 160 valence electrons. The highest BCUT2D eigenvalue weighted by Crippen LogP contribution is 2.38. The van der Waals surface area contributed by atoms with Gasteiger partial charge in [0.05, 0.1) is 23.1 Å². The number of aromatic carboxylic acids is 1. The van der Waals surface area contributed by atoms with Gasteiger partial charge < -0.3 is 10.0 Å². The Balaban J connectivity index is 0.00000392. The van der Waals surface area contributed by atoms with Gasteiger partial charge in [0.25, 0.3) is 0 Å². The number of carboxylic acid groups (broad SMARTS) is 1. The predicted octanol–water partition coefficient (Wildman–Crippen LogP) is 1.84. The molecule has 1 aromatic rings. The zero-order valence-corrected chi connectivity index (χ0v) is 17.1. The maximum atomic E-state index is 13.4. The normalized spacial score (nSPS) is 16.5. The van der Waals surface area contributed by atoms with Crippen molar-refractivity contribution < 1.29 is 31.5 Å². The first kappa shape index (κ1) is 24.5. The van der Waals surface area contributed by atoms with Gasteiger partial charge in [0.15, 0.2) is 0 Å². The maximum absolute atomic E-state index is 13.4. The lowest BCUT2D eigenvalue weighted by atomic mass is 10.1. The fourth-order valence-electron chi connectivity index (χ4n) is 2.88. The molecular weight excluding hydrogens is 423 g/mol. The molecule has 0 aliphatic carbocycles. The van der Waals surface area contributed by atoms with Gasteiger partial charge in [-0.25, -0.2) is 13.2 Å². The first-order chi connectivity index (χ1) is 12.4. The van der Waals surface area contributed by atoms with Gasteiger partial charge in [0, 0.05) is 39.3 Å². The fourth-order valence-corrected chi connectivity index (χ4v) is 3.80. The van der Waals surface area contributed by atoms with Gasteiger partial charge in [-0.15, -0.1) is 12.4 Å². The first-order valence-electron chi connectivity index (χ1n) is 8.23. The van der Waals surface area contributed by atoms with E-state index >= 15 is 0 Å². The number of anilines is 1. The molecule has 1 aromatic carbocycles. The number of sulfonamides is 1. The molecule has 0 spiro atoms. The van der Waals surface area contributed by atoms with Crippen LogP contribution in [-0.2, 0) is 16.2 Å². The van der Waals surface area contributed by atoms with E-state index in [4.69, 9.17) is 5.11 Å². The van der Waals surface area contributed by atoms with E-state index in [2.05, 4.69) is 4.90 Å². The van der Waals surface area contributed by atoms with Crippen molar-refractivity contribution in [2.75, 3.05) is 56.9 Å². The van der Waals surface area contributed by atoms with Crippen LogP contribution in [0.1, 0.15) is 15.9 Å². The van der Waals surface area contributed by atoms with Crippen molar-refractivity contribution in [1.82, 2.24) is 9.80 Å². The SMILES string of the molecule is CN1CCN(CCN(c2cc(C(=O)O)ccc2C(F)(F)F)S(C)(=O)=O)CC1.Cl. The average molecular weight is 446 g/mol. The summed E-state index contributed by atoms with van der Waals surface area (Å²) in [5.41, 5.74) is -2.26. The van der Waals surface area contributed by atoms with Crippen molar-refractivity contribution in [3.8, 4) is 0 Å². The van der Waals surface area contributed by atoms with Crippen LogP contribution in [0, 0.1) is 0 Å². The molecule has 0 bridgehead atoms. The molecule has 7 nitrogen and oxygen atoms in total. The molecule has 1 aliphatic heterocycles. The molecule has 0 radical (unpaired) electrons. The number of piperazine rings is 1. The number of carbonyl (C=O) groups is 1. The van der Waals surface area contributed by atoms with E-state index < -0.39 is 39.0 Å². The molecule has 1 fully saturated rings. The second kappa shape index (κ2) is 9.29. The number of carboxylic acids is 1. The Hall–Kier alpha value is -1.56. The number of benzene rings is 1. The summed E-state index contributed by atoms with van der Waals surface area (Å²) < 4.78 is 65.2. The summed E-state index contributed by atoms with van der Waals surface area (Å²) in [4.78, 5) is 15.2. The van der Waals surface area contributed by atoms with Crippen LogP contribution in [0.5, 0.6) is 0 Å². The molecule has 1 saturated heterocycles. The molecule has 0 saturated carbocycles. The number of hydrogen-bond donors (Lipinski definition) is 1. The van der Waals surface area contributed by atoms with Crippen molar-refractivity contribution in [3.63, 3.8) is 0 Å². The minimum absolute atomic E-state index is 0. The summed E-state index contributed by atoms with van der Waals surface area (Å²) in [6.07, 6.45) is -4.01. The zero-order chi connectivity index (χ0) is 20.4. The van der Waals surface area contributed by atoms with Crippen LogP contribution in [0.3, 0.4) is 0 Å². The Labute approximate surface area is 168 Å². The van der Waals surface area contributed by atoms with Crippen LogP contribution < -0.4 is 4.31 Å². The van der Waals surface area contributed by atoms with Crippen LogP contribution in [0.4, 0.5) is 18.9 Å². The molecule has 0 atom stereocenters. The number of nitrogens with zero attached hydrogens (tertiary/aromatic N) is 3. The molecule has 28 heavy (non-hydrogen) atoms. The second-order valence-electron chi connectivity index (χ2n) is 6.51. The molecule has 0 aromatic heterocycles. The van der Waals surface area contributed by atoms with Crippen molar-refractivity contribution >= 4 is 34.1 Å². The highest BCUT2D eigenvalue weighted by molar-refractivity contribution is 7.92. The monoisotopic (exact) mass is 445 g/mol. The van der Waals surface area contributed by atoms with Gasteiger partial charge in [-0.3, -0.25) is 9.21 Å². The Morgan fingerprint density at radius 3 is 2.25 bits per heavy atom. The van der Waals surface area contributed by atoms with E-state index in [9.17, 15) is 26.4 Å². The van der Waals surface area contributed by atoms with Crippen molar-refractivity contribution in [2.24, 2.45) is 0 Å². The number of likely N-dealkylation sites (N-methyl/N-ethyl adjacent to an activating group) is 1. The summed E-state index contributed by atoms with van der Waals surface area (Å²) in [7, 11) is -2.10. The number of halogens is 4. The second-order valence-corrected chi connectivity index (χ2v) is 8.42. The lowest BCUT2D eigenvalue weighted by molar-refractivity contribution is -0.137. The van der Waals surface area contributed by atoms with Gasteiger partial charge in [-0.2, -0.15) is 13.2 Å². The van der Waals surface area contributed by atoms with Crippen molar-refractivity contribution in [2.45, 2.75) is 6.18 Å². The zero-order valence-electron chi connectivity index (χ0n) is 15.4. The Morgan fingerprint density at radius 1 is 1.21 bits per heavy atom. The van der Waals surface area contributed by atoms with Crippen LogP contribution in [0.2, 0.25) is 0 Å². The fraction of sp³-hybridized carbons (Fsp3) is 0.562. The van der Waals surface area contributed by atoms with E-state index in [1.165, 1.54) is 0 Å². The molecule has 12 heteroatoms. The third-order valence-electron chi connectivity index (χ3n) is 4.43. The van der Waals surface area contributed by atoms with Crippen LogP contribution >= 0.6 is 12.4 Å². The van der Waals surface area contributed by atoms with Crippen molar-refractivity contribution in [1.29, 1.82) is 0 Å². The smallest absolute Gasteiger partial charge is 0.418 e. The number of alkyl halides is 3. The molecule has 2 rings (SSSR count). The Kier molecular flexibility index (Phi) is 8.12. The highest BCUT2D eigenvalue weighted by atomic mass is 35.5. The highest BCUT2D eigenvalue weighted by Gasteiger charge is 2.37. The average Bonchev–Trinajstić information content (AvgIpc) is 2.54. The molecule has 1 aliphatic rings. The molecule has 1 heterocycles. The molecule has 1 N–H and O–H groups in total. The predicted molar refractivity (Wildman–Crippen MR) is 102 cm³/mol. The largest absolute Gasteiger partial charge is 0.478 e. The van der Waals surface area contributed by atoms with E-state index in [1.54, 1.807) is 0 Å². The topological polar surface area (TPSA) is 81.2 Å². The van der Waals surface area contributed by atoms with E-state index in [-0.39, 0.29) is 25.5 Å². The van der Waals surface area contributed by atoms with Crippen LogP contribution in [0.15, 0.2) is 18.2 Å². The summed E-state index contributed by atoms with van der Waals surface area (Å²) in [5, 5.41) is 9.08. The standard InChI is InChI=1S/C16H22F3N3O4S.ClH/c1-20-5-7-21(8-6-20)9-10-22(27(2,25)26)14-11-12(15(23)24)3-4-13(14)16(17,18)19;/h3-4,11H,5-10H2,1-2H3,(H,23,24);1H. The van der Waals surface area contributed by atoms with Crippen LogP contribution in [-0.4, -0.2) is 81.9 Å². The molecular formula is C16H23ClF3N3O4S. The lowest BCUT2D eigenvalue weighted by Gasteiger charge is -2.34. The van der Waals surface area contributed by atoms with Gasteiger partial charge in [0.2, 0.25) is 10.0 Å². The van der Waals surface area contributed by atoms with E-state index in [1.807, 2.05) is 11.9 Å². The number of hydrogen-bond acceptors (Lipinski definition) is 5.